The number of thiazole rings is 1. The number of carboxylic acid groups (broad SMARTS) is 1. The monoisotopic (exact) mass is 244 g/mol. The molecule has 5 heteroatoms. The molecule has 1 N–H and O–H groups in total. The Kier molecular flexibility index (Phi) is 2.19. The van der Waals surface area contributed by atoms with Crippen molar-refractivity contribution >= 4 is 22.8 Å². The molecule has 3 rings (SSSR count). The Morgan fingerprint density at radius 3 is 2.94 bits per heavy atom. The van der Waals surface area contributed by atoms with Gasteiger partial charge in [-0.2, -0.15) is 0 Å². The van der Waals surface area contributed by atoms with E-state index in [1.54, 1.807) is 28.2 Å². The van der Waals surface area contributed by atoms with Gasteiger partial charge in [-0.15, -0.1) is 11.3 Å². The van der Waals surface area contributed by atoms with E-state index in [-0.39, 0.29) is 5.69 Å². The van der Waals surface area contributed by atoms with Gasteiger partial charge in [-0.05, 0) is 24.3 Å². The second kappa shape index (κ2) is 3.71. The molecule has 3 aromatic heterocycles. The summed E-state index contributed by atoms with van der Waals surface area (Å²) >= 11 is 1.54. The molecule has 3 aromatic rings. The third-order valence-electron chi connectivity index (χ3n) is 2.60. The van der Waals surface area contributed by atoms with Crippen molar-refractivity contribution in [3.05, 3.63) is 47.0 Å². The van der Waals surface area contributed by atoms with Crippen molar-refractivity contribution in [3.8, 4) is 11.3 Å². The van der Waals surface area contributed by atoms with E-state index < -0.39 is 5.97 Å². The molecule has 0 aliphatic carbocycles. The Hall–Kier alpha value is -2.14. The maximum Gasteiger partial charge on any atom is 0.352 e. The lowest BCUT2D eigenvalue weighted by Gasteiger charge is -2.01. The fourth-order valence-corrected chi connectivity index (χ4v) is 2.36. The first-order chi connectivity index (χ1) is 8.25. The van der Waals surface area contributed by atoms with Crippen LogP contribution in [-0.2, 0) is 0 Å². The van der Waals surface area contributed by atoms with E-state index in [9.17, 15) is 4.79 Å². The van der Waals surface area contributed by atoms with E-state index in [0.29, 0.717) is 0 Å². The van der Waals surface area contributed by atoms with Crippen molar-refractivity contribution in [2.45, 2.75) is 0 Å². The van der Waals surface area contributed by atoms with Crippen LogP contribution in [0.25, 0.3) is 16.8 Å². The third kappa shape index (κ3) is 1.60. The number of fused-ring (bicyclic) bond motifs is 1. The van der Waals surface area contributed by atoms with Crippen LogP contribution in [0.2, 0.25) is 0 Å². The minimum absolute atomic E-state index is 0.268. The molecule has 0 fully saturated rings. The zero-order valence-electron chi connectivity index (χ0n) is 8.70. The van der Waals surface area contributed by atoms with Gasteiger partial charge in [0.15, 0.2) is 0 Å². The van der Waals surface area contributed by atoms with Crippen LogP contribution in [0.1, 0.15) is 10.5 Å². The van der Waals surface area contributed by atoms with Crippen LogP contribution in [0.15, 0.2) is 41.4 Å². The highest BCUT2D eigenvalue weighted by Crippen LogP contribution is 2.22. The number of aromatic carboxylic acids is 1. The van der Waals surface area contributed by atoms with Crippen LogP contribution in [0.4, 0.5) is 0 Å². The normalized spacial score (nSPS) is 10.8. The highest BCUT2D eigenvalue weighted by Gasteiger charge is 2.09. The zero-order valence-corrected chi connectivity index (χ0v) is 9.52. The van der Waals surface area contributed by atoms with Crippen molar-refractivity contribution in [2.24, 2.45) is 0 Å². The molecule has 0 amide bonds. The molecule has 3 heterocycles. The molecule has 0 bridgehead atoms. The predicted molar refractivity (Wildman–Crippen MR) is 65.5 cm³/mol. The molecule has 17 heavy (non-hydrogen) atoms. The summed E-state index contributed by atoms with van der Waals surface area (Å²) in [6, 6.07) is 7.19. The van der Waals surface area contributed by atoms with Crippen molar-refractivity contribution in [1.29, 1.82) is 0 Å². The number of nitrogens with zero attached hydrogens (tertiary/aromatic N) is 2. The lowest BCUT2D eigenvalue weighted by Crippen LogP contribution is -2.00. The summed E-state index contributed by atoms with van der Waals surface area (Å²) < 4.78 is 1.65. The quantitative estimate of drug-likeness (QED) is 0.754. The molecule has 0 saturated carbocycles. The van der Waals surface area contributed by atoms with Crippen LogP contribution in [0.5, 0.6) is 0 Å². The summed E-state index contributed by atoms with van der Waals surface area (Å²) in [6.07, 6.45) is 1.76. The molecule has 0 saturated heterocycles. The predicted octanol–water partition coefficient (Wildman–Crippen LogP) is 2.76. The number of hydrogen-bond acceptors (Lipinski definition) is 3. The van der Waals surface area contributed by atoms with Crippen LogP contribution in [-0.4, -0.2) is 20.5 Å². The molecule has 0 aromatic carbocycles. The number of aromatic nitrogens is 2. The van der Waals surface area contributed by atoms with Gasteiger partial charge < -0.3 is 9.51 Å². The van der Waals surface area contributed by atoms with Crippen molar-refractivity contribution in [2.75, 3.05) is 0 Å². The number of rotatable bonds is 2. The van der Waals surface area contributed by atoms with Crippen LogP contribution in [0, 0.1) is 0 Å². The Morgan fingerprint density at radius 1 is 1.35 bits per heavy atom. The van der Waals surface area contributed by atoms with E-state index >= 15 is 0 Å². The Labute approximate surface area is 101 Å². The van der Waals surface area contributed by atoms with Gasteiger partial charge in [0.25, 0.3) is 0 Å². The van der Waals surface area contributed by atoms with Gasteiger partial charge in [0, 0.05) is 22.7 Å². The summed E-state index contributed by atoms with van der Waals surface area (Å²) in [5.41, 5.74) is 4.81. The van der Waals surface area contributed by atoms with Crippen molar-refractivity contribution in [1.82, 2.24) is 9.38 Å². The van der Waals surface area contributed by atoms with Gasteiger partial charge in [0.2, 0.25) is 0 Å². The average molecular weight is 244 g/mol. The molecule has 0 aliphatic heterocycles. The van der Waals surface area contributed by atoms with E-state index in [2.05, 4.69) is 4.98 Å². The van der Waals surface area contributed by atoms with E-state index in [1.165, 1.54) is 11.3 Å². The number of hydrogen-bond donors (Lipinski definition) is 1. The standard InChI is InChI=1S/C12H8N2O2S/c15-12(16)11-2-1-9-5-8(3-4-14(9)11)10-6-17-7-13-10/h1-7H,(H,15,16). The van der Waals surface area contributed by atoms with E-state index in [4.69, 9.17) is 5.11 Å². The van der Waals surface area contributed by atoms with Crippen molar-refractivity contribution < 1.29 is 9.90 Å². The van der Waals surface area contributed by atoms with E-state index in [1.807, 2.05) is 17.5 Å². The fraction of sp³-hybridized carbons (Fsp3) is 0. The van der Waals surface area contributed by atoms with Gasteiger partial charge in [-0.1, -0.05) is 0 Å². The summed E-state index contributed by atoms with van der Waals surface area (Å²) in [5.74, 6) is -0.925. The van der Waals surface area contributed by atoms with Crippen molar-refractivity contribution in [3.63, 3.8) is 0 Å². The van der Waals surface area contributed by atoms with Gasteiger partial charge in [0.05, 0.1) is 11.2 Å². The van der Waals surface area contributed by atoms with Crippen LogP contribution < -0.4 is 0 Å². The van der Waals surface area contributed by atoms with Crippen LogP contribution in [0.3, 0.4) is 0 Å². The number of carboxylic acids is 1. The molecule has 0 radical (unpaired) electrons. The largest absolute Gasteiger partial charge is 0.477 e. The lowest BCUT2D eigenvalue weighted by molar-refractivity contribution is 0.0689. The number of pyridine rings is 1. The second-order valence-electron chi connectivity index (χ2n) is 3.61. The summed E-state index contributed by atoms with van der Waals surface area (Å²) in [6.45, 7) is 0. The molecular formula is C12H8N2O2S. The average Bonchev–Trinajstić information content (AvgIpc) is 2.97. The van der Waals surface area contributed by atoms with Gasteiger partial charge >= 0.3 is 5.97 Å². The molecule has 0 unspecified atom stereocenters. The fourth-order valence-electron chi connectivity index (χ4n) is 1.80. The molecule has 0 atom stereocenters. The summed E-state index contributed by atoms with van der Waals surface area (Å²) in [4.78, 5) is 15.2. The lowest BCUT2D eigenvalue weighted by atomic mass is 10.2. The molecule has 0 aliphatic rings. The highest BCUT2D eigenvalue weighted by atomic mass is 32.1. The first-order valence-electron chi connectivity index (χ1n) is 4.99. The molecule has 0 spiro atoms. The minimum Gasteiger partial charge on any atom is -0.477 e. The van der Waals surface area contributed by atoms with Crippen LogP contribution >= 0.6 is 11.3 Å². The summed E-state index contributed by atoms with van der Waals surface area (Å²) in [7, 11) is 0. The SMILES string of the molecule is O=C(O)c1ccc2cc(-c3cscn3)ccn12. The van der Waals surface area contributed by atoms with Gasteiger partial charge in [0.1, 0.15) is 5.69 Å². The molecule has 4 nitrogen and oxygen atoms in total. The molecular weight excluding hydrogens is 236 g/mol. The minimum atomic E-state index is -0.925. The van der Waals surface area contributed by atoms with E-state index in [0.717, 1.165) is 16.8 Å². The Bertz CT molecular complexity index is 686. The maximum absolute atomic E-state index is 11.0. The zero-order chi connectivity index (χ0) is 11.8. The first kappa shape index (κ1) is 10.0. The second-order valence-corrected chi connectivity index (χ2v) is 4.33. The number of carbonyl (C=O) groups is 1. The maximum atomic E-state index is 11.0. The smallest absolute Gasteiger partial charge is 0.352 e. The molecule has 84 valence electrons. The Morgan fingerprint density at radius 2 is 2.24 bits per heavy atom. The summed E-state index contributed by atoms with van der Waals surface area (Å²) in [5, 5.41) is 11.0. The highest BCUT2D eigenvalue weighted by molar-refractivity contribution is 7.07. The first-order valence-corrected chi connectivity index (χ1v) is 5.93. The topological polar surface area (TPSA) is 54.6 Å². The van der Waals surface area contributed by atoms with Gasteiger partial charge in [-0.3, -0.25) is 0 Å². The Balaban J connectivity index is 2.18. The third-order valence-corrected chi connectivity index (χ3v) is 3.19. The van der Waals surface area contributed by atoms with Gasteiger partial charge in [-0.25, -0.2) is 9.78 Å².